The van der Waals surface area contributed by atoms with Crippen LogP contribution in [0.1, 0.15) is 13.3 Å². The van der Waals surface area contributed by atoms with Gasteiger partial charge >= 0.3 is 0 Å². The first kappa shape index (κ1) is 22.0. The summed E-state index contributed by atoms with van der Waals surface area (Å²) in [6, 6.07) is 8.18. The Morgan fingerprint density at radius 2 is 1.87 bits per heavy atom. The van der Waals surface area contributed by atoms with Crippen LogP contribution >= 0.6 is 11.6 Å². The molecule has 0 spiro atoms. The van der Waals surface area contributed by atoms with E-state index in [-0.39, 0.29) is 19.6 Å². The average Bonchev–Trinajstić information content (AvgIpc) is 2.65. The standard InChI is InChI=1S/C19H17ClF2N2O5S/c1-19(18(26)23-30(27,28)16-7-4-13(21)10-15(16)22)8-9-24(19)17(25)11-29-14-5-2-12(20)3-6-14/h2-7,10H,8-9,11H2,1H3,(H,23,26). The summed E-state index contributed by atoms with van der Waals surface area (Å²) in [5.74, 6) is -3.43. The van der Waals surface area contributed by atoms with Crippen LogP contribution in [0.15, 0.2) is 47.4 Å². The van der Waals surface area contributed by atoms with Crippen LogP contribution in [0.5, 0.6) is 5.75 Å². The Balaban J connectivity index is 1.67. The second-order valence-electron chi connectivity index (χ2n) is 6.82. The summed E-state index contributed by atoms with van der Waals surface area (Å²) in [4.78, 5) is 25.4. The monoisotopic (exact) mass is 458 g/mol. The number of hydrogen-bond donors (Lipinski definition) is 1. The van der Waals surface area contributed by atoms with Crippen molar-refractivity contribution < 1.29 is 31.5 Å². The maximum Gasteiger partial charge on any atom is 0.267 e. The number of amides is 2. The number of benzene rings is 2. The molecule has 0 radical (unpaired) electrons. The smallest absolute Gasteiger partial charge is 0.267 e. The number of sulfonamides is 1. The molecule has 1 unspecified atom stereocenters. The lowest BCUT2D eigenvalue weighted by Gasteiger charge is -2.48. The molecule has 1 aliphatic heterocycles. The van der Waals surface area contributed by atoms with E-state index in [0.717, 1.165) is 6.07 Å². The molecular formula is C19H17ClF2N2O5S. The number of likely N-dealkylation sites (tertiary alicyclic amines) is 1. The Labute approximate surface area is 176 Å². The molecule has 11 heteroatoms. The van der Waals surface area contributed by atoms with E-state index >= 15 is 0 Å². The highest BCUT2D eigenvalue weighted by Gasteiger charge is 2.50. The topological polar surface area (TPSA) is 92.8 Å². The predicted molar refractivity (Wildman–Crippen MR) is 103 cm³/mol. The van der Waals surface area contributed by atoms with Crippen LogP contribution in [0.2, 0.25) is 5.02 Å². The molecule has 160 valence electrons. The van der Waals surface area contributed by atoms with Crippen LogP contribution in [0.3, 0.4) is 0 Å². The molecule has 30 heavy (non-hydrogen) atoms. The molecule has 7 nitrogen and oxygen atoms in total. The molecular weight excluding hydrogens is 442 g/mol. The first-order valence-corrected chi connectivity index (χ1v) is 10.6. The van der Waals surface area contributed by atoms with Gasteiger partial charge in [-0.3, -0.25) is 9.59 Å². The molecule has 2 amide bonds. The van der Waals surface area contributed by atoms with E-state index < -0.39 is 43.9 Å². The molecule has 1 aliphatic rings. The molecule has 0 aliphatic carbocycles. The van der Waals surface area contributed by atoms with Crippen molar-refractivity contribution in [2.45, 2.75) is 23.8 Å². The summed E-state index contributed by atoms with van der Waals surface area (Å²) in [5.41, 5.74) is -1.45. The van der Waals surface area contributed by atoms with Gasteiger partial charge in [0.15, 0.2) is 6.61 Å². The number of hydrogen-bond acceptors (Lipinski definition) is 5. The van der Waals surface area contributed by atoms with E-state index in [1.54, 1.807) is 29.0 Å². The van der Waals surface area contributed by atoms with Crippen molar-refractivity contribution in [1.29, 1.82) is 0 Å². The summed E-state index contributed by atoms with van der Waals surface area (Å²) in [7, 11) is -4.60. The average molecular weight is 459 g/mol. The predicted octanol–water partition coefficient (Wildman–Crippen LogP) is 2.49. The minimum atomic E-state index is -4.60. The minimum Gasteiger partial charge on any atom is -0.484 e. The molecule has 1 fully saturated rings. The van der Waals surface area contributed by atoms with Gasteiger partial charge in [0.25, 0.3) is 21.8 Å². The summed E-state index contributed by atoms with van der Waals surface area (Å²) < 4.78 is 58.7. The Kier molecular flexibility index (Phi) is 6.00. The number of carbonyl (C=O) groups is 2. The highest BCUT2D eigenvalue weighted by molar-refractivity contribution is 7.90. The Hall–Kier alpha value is -2.72. The molecule has 2 aromatic carbocycles. The Bertz CT molecular complexity index is 1090. The van der Waals surface area contributed by atoms with Crippen LogP contribution in [0.4, 0.5) is 8.78 Å². The minimum absolute atomic E-state index is 0.201. The fourth-order valence-electron chi connectivity index (χ4n) is 2.93. The van der Waals surface area contributed by atoms with E-state index in [4.69, 9.17) is 16.3 Å². The zero-order chi connectivity index (χ0) is 22.1. The van der Waals surface area contributed by atoms with Crippen LogP contribution < -0.4 is 9.46 Å². The number of rotatable bonds is 6. The van der Waals surface area contributed by atoms with Gasteiger partial charge in [-0.05, 0) is 49.7 Å². The van der Waals surface area contributed by atoms with Crippen molar-refractivity contribution >= 4 is 33.4 Å². The van der Waals surface area contributed by atoms with Crippen LogP contribution in [-0.2, 0) is 19.6 Å². The third kappa shape index (κ3) is 4.39. The maximum atomic E-state index is 13.8. The third-order valence-electron chi connectivity index (χ3n) is 4.79. The summed E-state index contributed by atoms with van der Waals surface area (Å²) in [5, 5.41) is 0.500. The second kappa shape index (κ2) is 8.19. The van der Waals surface area contributed by atoms with Crippen LogP contribution in [-0.4, -0.2) is 43.8 Å². The van der Waals surface area contributed by atoms with Crippen LogP contribution in [0.25, 0.3) is 0 Å². The number of halogens is 3. The van der Waals surface area contributed by atoms with Crippen molar-refractivity contribution in [3.05, 3.63) is 59.1 Å². The maximum absolute atomic E-state index is 13.8. The van der Waals surface area contributed by atoms with Crippen molar-refractivity contribution in [2.24, 2.45) is 0 Å². The normalized spacial score (nSPS) is 18.5. The SMILES string of the molecule is CC1(C(=O)NS(=O)(=O)c2ccc(F)cc2F)CCN1C(=O)COc1ccc(Cl)cc1. The van der Waals surface area contributed by atoms with Crippen LogP contribution in [0, 0.1) is 11.6 Å². The molecule has 0 aromatic heterocycles. The number of carbonyl (C=O) groups excluding carboxylic acids is 2. The molecule has 1 N–H and O–H groups in total. The molecule has 3 rings (SSSR count). The van der Waals surface area contributed by atoms with Gasteiger partial charge in [0.2, 0.25) is 0 Å². The third-order valence-corrected chi connectivity index (χ3v) is 6.41. The lowest BCUT2D eigenvalue weighted by atomic mass is 9.86. The fraction of sp³-hybridized carbons (Fsp3) is 0.263. The van der Waals surface area contributed by atoms with E-state index in [2.05, 4.69) is 0 Å². The largest absolute Gasteiger partial charge is 0.484 e. The summed E-state index contributed by atoms with van der Waals surface area (Å²) >= 11 is 5.78. The lowest BCUT2D eigenvalue weighted by molar-refractivity contribution is -0.158. The molecule has 1 saturated heterocycles. The van der Waals surface area contributed by atoms with Gasteiger partial charge in [-0.15, -0.1) is 0 Å². The quantitative estimate of drug-likeness (QED) is 0.718. The Morgan fingerprint density at radius 1 is 1.20 bits per heavy atom. The molecule has 1 heterocycles. The molecule has 0 saturated carbocycles. The highest BCUT2D eigenvalue weighted by Crippen LogP contribution is 2.31. The second-order valence-corrected chi connectivity index (χ2v) is 8.91. The van der Waals surface area contributed by atoms with Gasteiger partial charge in [-0.25, -0.2) is 21.9 Å². The molecule has 2 aromatic rings. The number of nitrogens with one attached hydrogen (secondary N) is 1. The number of nitrogens with zero attached hydrogens (tertiary/aromatic N) is 1. The summed E-state index contributed by atoms with van der Waals surface area (Å²) in [6.07, 6.45) is 0.201. The zero-order valence-corrected chi connectivity index (χ0v) is 17.3. The van der Waals surface area contributed by atoms with Crippen molar-refractivity contribution in [3.8, 4) is 5.75 Å². The van der Waals surface area contributed by atoms with Crippen molar-refractivity contribution in [2.75, 3.05) is 13.2 Å². The van der Waals surface area contributed by atoms with Gasteiger partial charge in [0, 0.05) is 17.6 Å². The van der Waals surface area contributed by atoms with Gasteiger partial charge in [-0.1, -0.05) is 11.6 Å². The van der Waals surface area contributed by atoms with E-state index in [1.165, 1.54) is 11.8 Å². The first-order valence-electron chi connectivity index (χ1n) is 8.74. The van der Waals surface area contributed by atoms with E-state index in [9.17, 15) is 26.8 Å². The molecule has 1 atom stereocenters. The lowest BCUT2D eigenvalue weighted by Crippen LogP contribution is -2.68. The van der Waals surface area contributed by atoms with Gasteiger partial charge in [-0.2, -0.15) is 0 Å². The summed E-state index contributed by atoms with van der Waals surface area (Å²) in [6.45, 7) is 1.24. The van der Waals surface area contributed by atoms with Crippen molar-refractivity contribution in [1.82, 2.24) is 9.62 Å². The highest BCUT2D eigenvalue weighted by atomic mass is 35.5. The van der Waals surface area contributed by atoms with Gasteiger partial charge < -0.3 is 9.64 Å². The van der Waals surface area contributed by atoms with E-state index in [0.29, 0.717) is 22.9 Å². The number of ether oxygens (including phenoxy) is 1. The zero-order valence-electron chi connectivity index (χ0n) is 15.7. The Morgan fingerprint density at radius 3 is 2.43 bits per heavy atom. The van der Waals surface area contributed by atoms with Gasteiger partial charge in [0.1, 0.15) is 27.8 Å². The van der Waals surface area contributed by atoms with E-state index in [1.807, 2.05) is 0 Å². The van der Waals surface area contributed by atoms with Crippen molar-refractivity contribution in [3.63, 3.8) is 0 Å². The first-order chi connectivity index (χ1) is 14.0. The fourth-order valence-corrected chi connectivity index (χ4v) is 4.19. The molecule has 0 bridgehead atoms. The van der Waals surface area contributed by atoms with Gasteiger partial charge in [0.05, 0.1) is 0 Å².